The Hall–Kier alpha value is -8.15. The molecule has 312 valence electrons. The number of hydrogen-bond acceptors (Lipinski definition) is 3. The molecular formula is C61H43N5. The van der Waals surface area contributed by atoms with Crippen LogP contribution in [-0.4, -0.2) is 24.1 Å². The molecule has 0 saturated carbocycles. The van der Waals surface area contributed by atoms with Crippen molar-refractivity contribution in [3.05, 3.63) is 208 Å². The highest BCUT2D eigenvalue weighted by Crippen LogP contribution is 2.41. The topological polar surface area (TPSA) is 48.5 Å². The number of allylic oxidation sites excluding steroid dienone is 6. The van der Waals surface area contributed by atoms with Crippen LogP contribution in [0.1, 0.15) is 41.6 Å². The van der Waals surface area contributed by atoms with E-state index in [0.717, 1.165) is 65.4 Å². The number of benzene rings is 7. The van der Waals surface area contributed by atoms with Gasteiger partial charge in [-0.25, -0.2) is 15.0 Å². The lowest BCUT2D eigenvalue weighted by Gasteiger charge is -2.25. The van der Waals surface area contributed by atoms with Crippen molar-refractivity contribution < 1.29 is 0 Å². The fourth-order valence-electron chi connectivity index (χ4n) is 11.3. The molecule has 0 saturated heterocycles. The van der Waals surface area contributed by atoms with Crippen molar-refractivity contribution >= 4 is 73.4 Å². The summed E-state index contributed by atoms with van der Waals surface area (Å²) in [4.78, 5) is 16.0. The molecule has 1 atom stereocenters. The summed E-state index contributed by atoms with van der Waals surface area (Å²) < 4.78 is 4.99. The van der Waals surface area contributed by atoms with Crippen molar-refractivity contribution in [1.29, 1.82) is 0 Å². The molecular weight excluding hydrogens is 803 g/mol. The summed E-state index contributed by atoms with van der Waals surface area (Å²) >= 11 is 0. The molecule has 66 heavy (non-hydrogen) atoms. The highest BCUT2D eigenvalue weighted by molar-refractivity contribution is 6.03. The Bertz CT molecular complexity index is 3970. The first-order chi connectivity index (χ1) is 32.7. The van der Waals surface area contributed by atoms with E-state index in [4.69, 9.17) is 15.0 Å². The lowest BCUT2D eigenvalue weighted by molar-refractivity contribution is 0.803. The van der Waals surface area contributed by atoms with E-state index in [1.54, 1.807) is 0 Å². The Morgan fingerprint density at radius 1 is 0.530 bits per heavy atom. The molecule has 0 fully saturated rings. The fourth-order valence-corrected chi connectivity index (χ4v) is 11.3. The number of fused-ring (bicyclic) bond motifs is 11. The molecule has 14 rings (SSSR count). The average Bonchev–Trinajstić information content (AvgIpc) is 3.88. The smallest absolute Gasteiger partial charge is 0.166 e. The standard InChI is InChI=1S/C61H43N5/c1-2-16-38(17-3-1)59-62-60(64-61(63-59)53-34-42-20-6-7-21-45(42)46-22-8-9-23-47(46)53)50-26-12-15-29-56(50)66-55-28-14-11-25-49(55)52-35-43-32-44(31-30-41(43)37-58(52)66)65-54-27-13-10-24-48(54)51-33-39-18-4-5-19-40(39)36-57(51)65/h1-5,7-9,11-19,21-23,25-31,33-37,43H,6,10,20,24,32H2. The normalized spacial score (nSPS) is 16.0. The van der Waals surface area contributed by atoms with Crippen molar-refractivity contribution in [3.8, 4) is 39.9 Å². The molecule has 10 aromatic rings. The molecule has 0 aliphatic heterocycles. The van der Waals surface area contributed by atoms with Gasteiger partial charge in [0, 0.05) is 50.0 Å². The van der Waals surface area contributed by atoms with Crippen LogP contribution < -0.4 is 10.6 Å². The summed E-state index contributed by atoms with van der Waals surface area (Å²) in [6.07, 6.45) is 24.0. The maximum Gasteiger partial charge on any atom is 0.166 e. The number of aryl methyl sites for hydroxylation is 2. The Balaban J connectivity index is 0.952. The van der Waals surface area contributed by atoms with Gasteiger partial charge in [-0.2, -0.15) is 0 Å². The zero-order valence-corrected chi connectivity index (χ0v) is 36.3. The van der Waals surface area contributed by atoms with Crippen LogP contribution in [0, 0.1) is 5.92 Å². The van der Waals surface area contributed by atoms with E-state index in [9.17, 15) is 0 Å². The number of hydrogen-bond donors (Lipinski definition) is 0. The molecule has 0 radical (unpaired) electrons. The minimum absolute atomic E-state index is 0.231. The Labute approximate surface area is 382 Å². The third-order valence-corrected chi connectivity index (χ3v) is 14.4. The van der Waals surface area contributed by atoms with Crippen LogP contribution >= 0.6 is 0 Å². The van der Waals surface area contributed by atoms with E-state index < -0.39 is 0 Å². The van der Waals surface area contributed by atoms with Gasteiger partial charge >= 0.3 is 0 Å². The third-order valence-electron chi connectivity index (χ3n) is 14.4. The van der Waals surface area contributed by atoms with Crippen molar-refractivity contribution in [1.82, 2.24) is 24.1 Å². The average molecular weight is 846 g/mol. The first-order valence-corrected chi connectivity index (χ1v) is 23.3. The lowest BCUT2D eigenvalue weighted by atomic mass is 9.85. The summed E-state index contributed by atoms with van der Waals surface area (Å²) in [6.45, 7) is 0. The van der Waals surface area contributed by atoms with Gasteiger partial charge in [0.1, 0.15) is 0 Å². The van der Waals surface area contributed by atoms with Gasteiger partial charge in [0.2, 0.25) is 0 Å². The van der Waals surface area contributed by atoms with Crippen molar-refractivity contribution in [3.63, 3.8) is 0 Å². The molecule has 0 spiro atoms. The van der Waals surface area contributed by atoms with E-state index in [1.807, 2.05) is 6.07 Å². The molecule has 3 aromatic heterocycles. The number of para-hydroxylation sites is 2. The second-order valence-corrected chi connectivity index (χ2v) is 18.1. The van der Waals surface area contributed by atoms with Gasteiger partial charge < -0.3 is 9.13 Å². The van der Waals surface area contributed by atoms with E-state index >= 15 is 0 Å². The highest BCUT2D eigenvalue weighted by atomic mass is 15.1. The summed E-state index contributed by atoms with van der Waals surface area (Å²) in [7, 11) is 0. The summed E-state index contributed by atoms with van der Waals surface area (Å²) in [5, 5.41) is 10.0. The Kier molecular flexibility index (Phi) is 8.29. The van der Waals surface area contributed by atoms with Gasteiger partial charge in [0.05, 0.1) is 22.1 Å². The van der Waals surface area contributed by atoms with Crippen LogP contribution in [0.4, 0.5) is 0 Å². The van der Waals surface area contributed by atoms with Gasteiger partial charge in [0.25, 0.3) is 0 Å². The number of aromatic nitrogens is 5. The molecule has 0 N–H and O–H groups in total. The SMILES string of the molecule is C1=Cc2c(cc(-c3nc(-c4ccccc4)nc(-c4ccccc4-n4c5c(c6ccccc64)=CC4CC(n6c7c(c8cc9ccccc9cc86)CCC=C7)=CC=C4C=5)n3)c3ccccc23)CC1. The molecule has 7 aromatic carbocycles. The summed E-state index contributed by atoms with van der Waals surface area (Å²) in [6, 6.07) is 52.4. The van der Waals surface area contributed by atoms with Crippen molar-refractivity contribution in [2.45, 2.75) is 32.1 Å². The van der Waals surface area contributed by atoms with Crippen LogP contribution in [0.15, 0.2) is 175 Å². The fraction of sp³-hybridized carbons (Fsp3) is 0.0984. The van der Waals surface area contributed by atoms with Crippen molar-refractivity contribution in [2.24, 2.45) is 5.92 Å². The summed E-state index contributed by atoms with van der Waals surface area (Å²) in [5.74, 6) is 2.22. The monoisotopic (exact) mass is 845 g/mol. The molecule has 4 aliphatic rings. The second-order valence-electron chi connectivity index (χ2n) is 18.1. The number of rotatable bonds is 5. The predicted molar refractivity (Wildman–Crippen MR) is 273 cm³/mol. The van der Waals surface area contributed by atoms with E-state index in [-0.39, 0.29) is 5.92 Å². The first kappa shape index (κ1) is 37.2. The third kappa shape index (κ3) is 5.76. The molecule has 3 heterocycles. The quantitative estimate of drug-likeness (QED) is 0.173. The highest BCUT2D eigenvalue weighted by Gasteiger charge is 2.27. The molecule has 4 aliphatic carbocycles. The van der Waals surface area contributed by atoms with Gasteiger partial charge in [-0.3, -0.25) is 0 Å². The molecule has 0 amide bonds. The molecule has 5 heteroatoms. The van der Waals surface area contributed by atoms with E-state index in [2.05, 4.69) is 197 Å². The zero-order chi connectivity index (χ0) is 43.3. The first-order valence-electron chi connectivity index (χ1n) is 23.3. The van der Waals surface area contributed by atoms with Crippen LogP contribution in [0.5, 0.6) is 0 Å². The minimum atomic E-state index is 0.231. The second kappa shape index (κ2) is 14.7. The van der Waals surface area contributed by atoms with Crippen LogP contribution in [0.25, 0.3) is 113 Å². The maximum atomic E-state index is 5.43. The molecule has 1 unspecified atom stereocenters. The number of nitrogens with zero attached hydrogens (tertiary/aromatic N) is 5. The van der Waals surface area contributed by atoms with Gasteiger partial charge in [-0.15, -0.1) is 0 Å². The largest absolute Gasteiger partial charge is 0.313 e. The predicted octanol–water partition coefficient (Wildman–Crippen LogP) is 13.1. The van der Waals surface area contributed by atoms with Crippen LogP contribution in [0.3, 0.4) is 0 Å². The summed E-state index contributed by atoms with van der Waals surface area (Å²) in [5.41, 5.74) is 14.5. The lowest BCUT2D eigenvalue weighted by Crippen LogP contribution is -2.33. The van der Waals surface area contributed by atoms with Gasteiger partial charge in [-0.1, -0.05) is 140 Å². The zero-order valence-electron chi connectivity index (χ0n) is 36.3. The maximum absolute atomic E-state index is 5.43. The Morgan fingerprint density at radius 3 is 2.14 bits per heavy atom. The van der Waals surface area contributed by atoms with Crippen LogP contribution in [0.2, 0.25) is 0 Å². The van der Waals surface area contributed by atoms with Gasteiger partial charge in [-0.05, 0) is 131 Å². The van der Waals surface area contributed by atoms with Crippen LogP contribution in [-0.2, 0) is 12.8 Å². The van der Waals surface area contributed by atoms with Gasteiger partial charge in [0.15, 0.2) is 17.5 Å². The van der Waals surface area contributed by atoms with E-state index in [0.29, 0.717) is 17.5 Å². The van der Waals surface area contributed by atoms with Crippen molar-refractivity contribution in [2.75, 3.05) is 0 Å². The Morgan fingerprint density at radius 2 is 1.24 bits per heavy atom. The van der Waals surface area contributed by atoms with E-state index in [1.165, 1.54) is 76.7 Å². The molecule has 0 bridgehead atoms. The minimum Gasteiger partial charge on any atom is -0.313 e. The molecule has 5 nitrogen and oxygen atoms in total.